The summed E-state index contributed by atoms with van der Waals surface area (Å²) in [6, 6.07) is 0.450. The molecule has 4 heteroatoms. The molecule has 90 valence electrons. The van der Waals surface area contributed by atoms with Crippen molar-refractivity contribution in [3.8, 4) is 0 Å². The zero-order valence-corrected chi connectivity index (χ0v) is 10.1. The highest BCUT2D eigenvalue weighted by atomic mass is 16.3. The normalized spacial score (nSPS) is 22.5. The molecule has 0 amide bonds. The molecule has 1 aromatic heterocycles. The third-order valence-electron chi connectivity index (χ3n) is 3.23. The third kappa shape index (κ3) is 3.06. The summed E-state index contributed by atoms with van der Waals surface area (Å²) in [5, 5.41) is 6.57. The second-order valence-corrected chi connectivity index (χ2v) is 4.69. The first kappa shape index (κ1) is 11.6. The smallest absolute Gasteiger partial charge is 0.194 e. The van der Waals surface area contributed by atoms with Gasteiger partial charge < -0.3 is 15.1 Å². The second kappa shape index (κ2) is 5.46. The van der Waals surface area contributed by atoms with E-state index in [0.717, 1.165) is 37.5 Å². The van der Waals surface area contributed by atoms with Gasteiger partial charge in [0, 0.05) is 18.9 Å². The summed E-state index contributed by atoms with van der Waals surface area (Å²) in [6.07, 6.45) is 4.94. The predicted octanol–water partition coefficient (Wildman–Crippen LogP) is 0.977. The lowest BCUT2D eigenvalue weighted by molar-refractivity contribution is 0.442. The monoisotopic (exact) mass is 223 g/mol. The summed E-state index contributed by atoms with van der Waals surface area (Å²) in [7, 11) is 1.97. The van der Waals surface area contributed by atoms with Gasteiger partial charge in [0.2, 0.25) is 0 Å². The van der Waals surface area contributed by atoms with Crippen LogP contribution >= 0.6 is 0 Å². The predicted molar refractivity (Wildman–Crippen MR) is 63.4 cm³/mol. The van der Waals surface area contributed by atoms with Crippen molar-refractivity contribution < 1.29 is 4.42 Å². The average molecular weight is 223 g/mol. The van der Waals surface area contributed by atoms with E-state index in [1.54, 1.807) is 6.26 Å². The van der Waals surface area contributed by atoms with Crippen molar-refractivity contribution in [3.05, 3.63) is 17.8 Å². The van der Waals surface area contributed by atoms with Gasteiger partial charge in [0.25, 0.3) is 0 Å². The lowest BCUT2D eigenvalue weighted by atomic mass is 10.1. The Morgan fingerprint density at radius 3 is 3.25 bits per heavy atom. The summed E-state index contributed by atoms with van der Waals surface area (Å²) in [4.78, 5) is 4.53. The van der Waals surface area contributed by atoms with E-state index in [4.69, 9.17) is 4.42 Å². The maximum absolute atomic E-state index is 5.51. The summed E-state index contributed by atoms with van der Waals surface area (Å²) in [5.41, 5.74) is 1.06. The molecule has 0 saturated carbocycles. The Hall–Kier alpha value is -0.870. The largest absolute Gasteiger partial charge is 0.449 e. The van der Waals surface area contributed by atoms with Gasteiger partial charge in [-0.2, -0.15) is 0 Å². The highest BCUT2D eigenvalue weighted by Crippen LogP contribution is 2.15. The van der Waals surface area contributed by atoms with Crippen LogP contribution in [0.2, 0.25) is 0 Å². The highest BCUT2D eigenvalue weighted by molar-refractivity contribution is 5.00. The van der Waals surface area contributed by atoms with Gasteiger partial charge in [0.15, 0.2) is 5.89 Å². The van der Waals surface area contributed by atoms with E-state index in [2.05, 4.69) is 22.5 Å². The van der Waals surface area contributed by atoms with Crippen LogP contribution in [0.25, 0.3) is 0 Å². The highest BCUT2D eigenvalue weighted by Gasteiger charge is 2.17. The van der Waals surface area contributed by atoms with Crippen molar-refractivity contribution in [2.24, 2.45) is 5.92 Å². The van der Waals surface area contributed by atoms with Crippen molar-refractivity contribution in [2.75, 3.05) is 20.1 Å². The van der Waals surface area contributed by atoms with E-state index in [0.29, 0.717) is 12.0 Å². The van der Waals surface area contributed by atoms with Crippen LogP contribution in [0.4, 0.5) is 0 Å². The standard InChI is InChI=1S/C12H21N3O/c1-9(13-2)5-11-8-16-12(15-11)6-10-3-4-14-7-10/h8-10,13-14H,3-7H2,1-2H3. The Labute approximate surface area is 96.8 Å². The van der Waals surface area contributed by atoms with Gasteiger partial charge in [-0.25, -0.2) is 4.98 Å². The van der Waals surface area contributed by atoms with E-state index in [-0.39, 0.29) is 0 Å². The van der Waals surface area contributed by atoms with E-state index in [1.165, 1.54) is 6.42 Å². The Morgan fingerprint density at radius 2 is 2.56 bits per heavy atom. The quantitative estimate of drug-likeness (QED) is 0.781. The molecule has 0 spiro atoms. The van der Waals surface area contributed by atoms with Crippen LogP contribution in [-0.4, -0.2) is 31.2 Å². The summed E-state index contributed by atoms with van der Waals surface area (Å²) in [5.74, 6) is 1.60. The van der Waals surface area contributed by atoms with Crippen LogP contribution in [0.5, 0.6) is 0 Å². The van der Waals surface area contributed by atoms with Gasteiger partial charge in [-0.05, 0) is 39.4 Å². The molecule has 16 heavy (non-hydrogen) atoms. The minimum absolute atomic E-state index is 0.450. The molecular formula is C12H21N3O. The topological polar surface area (TPSA) is 50.1 Å². The van der Waals surface area contributed by atoms with Crippen LogP contribution in [0, 0.1) is 5.92 Å². The molecule has 0 bridgehead atoms. The number of nitrogens with one attached hydrogen (secondary N) is 2. The van der Waals surface area contributed by atoms with E-state index >= 15 is 0 Å². The van der Waals surface area contributed by atoms with Gasteiger partial charge >= 0.3 is 0 Å². The number of rotatable bonds is 5. The van der Waals surface area contributed by atoms with Crippen LogP contribution in [0.3, 0.4) is 0 Å². The average Bonchev–Trinajstić information content (AvgIpc) is 2.91. The van der Waals surface area contributed by atoms with Gasteiger partial charge in [0.05, 0.1) is 5.69 Å². The molecule has 0 radical (unpaired) electrons. The molecule has 1 fully saturated rings. The molecule has 0 aromatic carbocycles. The second-order valence-electron chi connectivity index (χ2n) is 4.69. The molecular weight excluding hydrogens is 202 g/mol. The van der Waals surface area contributed by atoms with Crippen molar-refractivity contribution in [1.29, 1.82) is 0 Å². The fraction of sp³-hybridized carbons (Fsp3) is 0.750. The molecule has 2 atom stereocenters. The van der Waals surface area contributed by atoms with Gasteiger partial charge in [-0.15, -0.1) is 0 Å². The van der Waals surface area contributed by atoms with E-state index in [1.807, 2.05) is 7.05 Å². The molecule has 1 saturated heterocycles. The molecule has 4 nitrogen and oxygen atoms in total. The molecule has 1 aromatic rings. The molecule has 2 N–H and O–H groups in total. The van der Waals surface area contributed by atoms with Gasteiger partial charge in [-0.1, -0.05) is 0 Å². The Kier molecular flexibility index (Phi) is 3.96. The first-order chi connectivity index (χ1) is 7.78. The zero-order chi connectivity index (χ0) is 11.4. The third-order valence-corrected chi connectivity index (χ3v) is 3.23. The van der Waals surface area contributed by atoms with Crippen molar-refractivity contribution in [2.45, 2.75) is 32.2 Å². The van der Waals surface area contributed by atoms with E-state index < -0.39 is 0 Å². The SMILES string of the molecule is CNC(C)Cc1coc(CC2CCNC2)n1. The van der Waals surface area contributed by atoms with Gasteiger partial charge in [0.1, 0.15) is 6.26 Å². The summed E-state index contributed by atoms with van der Waals surface area (Å²) >= 11 is 0. The van der Waals surface area contributed by atoms with Crippen LogP contribution in [-0.2, 0) is 12.8 Å². The number of likely N-dealkylation sites (N-methyl/N-ethyl adjacent to an activating group) is 1. The minimum atomic E-state index is 0.450. The van der Waals surface area contributed by atoms with Crippen LogP contribution in [0.1, 0.15) is 24.9 Å². The number of aromatic nitrogens is 1. The molecule has 1 aliphatic rings. The molecule has 2 unspecified atom stereocenters. The lowest BCUT2D eigenvalue weighted by Crippen LogP contribution is -2.23. The number of hydrogen-bond acceptors (Lipinski definition) is 4. The number of oxazole rings is 1. The molecule has 2 heterocycles. The van der Waals surface area contributed by atoms with Crippen LogP contribution < -0.4 is 10.6 Å². The molecule has 2 rings (SSSR count). The van der Waals surface area contributed by atoms with E-state index in [9.17, 15) is 0 Å². The summed E-state index contributed by atoms with van der Waals surface area (Å²) in [6.45, 7) is 4.38. The Balaban J connectivity index is 1.86. The fourth-order valence-corrected chi connectivity index (χ4v) is 2.09. The van der Waals surface area contributed by atoms with Crippen molar-refractivity contribution in [3.63, 3.8) is 0 Å². The Bertz CT molecular complexity index is 318. The first-order valence-corrected chi connectivity index (χ1v) is 6.09. The maximum atomic E-state index is 5.51. The van der Waals surface area contributed by atoms with Crippen molar-refractivity contribution in [1.82, 2.24) is 15.6 Å². The first-order valence-electron chi connectivity index (χ1n) is 6.09. The minimum Gasteiger partial charge on any atom is -0.449 e. The zero-order valence-electron chi connectivity index (χ0n) is 10.1. The number of hydrogen-bond donors (Lipinski definition) is 2. The molecule has 0 aliphatic carbocycles. The van der Waals surface area contributed by atoms with Gasteiger partial charge in [-0.3, -0.25) is 0 Å². The lowest BCUT2D eigenvalue weighted by Gasteiger charge is -2.06. The number of nitrogens with zero attached hydrogens (tertiary/aromatic N) is 1. The summed E-state index contributed by atoms with van der Waals surface area (Å²) < 4.78 is 5.51. The maximum Gasteiger partial charge on any atom is 0.194 e. The van der Waals surface area contributed by atoms with Crippen LogP contribution in [0.15, 0.2) is 10.7 Å². The molecule has 1 aliphatic heterocycles. The Morgan fingerprint density at radius 1 is 1.69 bits per heavy atom. The van der Waals surface area contributed by atoms with Crippen molar-refractivity contribution >= 4 is 0 Å². The fourth-order valence-electron chi connectivity index (χ4n) is 2.09.